The normalized spacial score (nSPS) is 12.2. The van der Waals surface area contributed by atoms with Crippen LogP contribution >= 0.6 is 11.3 Å². The van der Waals surface area contributed by atoms with Gasteiger partial charge in [0.25, 0.3) is 5.69 Å². The van der Waals surface area contributed by atoms with E-state index in [2.05, 4.69) is 15.5 Å². The minimum atomic E-state index is -3.84. The molecule has 0 aliphatic carbocycles. The third-order valence-electron chi connectivity index (χ3n) is 5.58. The second kappa shape index (κ2) is 10.9. The average molecular weight is 524 g/mol. The van der Waals surface area contributed by atoms with E-state index in [1.165, 1.54) is 16.4 Å². The van der Waals surface area contributed by atoms with Crippen molar-refractivity contribution in [1.29, 1.82) is 0 Å². The molecule has 0 aliphatic heterocycles. The first-order chi connectivity index (χ1) is 17.3. The molecule has 0 aliphatic rings. The van der Waals surface area contributed by atoms with Gasteiger partial charge in [-0.2, -0.15) is 9.41 Å². The molecule has 186 valence electrons. The van der Waals surface area contributed by atoms with Crippen LogP contribution in [0, 0.1) is 10.1 Å². The summed E-state index contributed by atoms with van der Waals surface area (Å²) in [7, 11) is -3.84. The van der Waals surface area contributed by atoms with E-state index in [0.29, 0.717) is 12.1 Å². The number of rotatable bonds is 10. The number of thiazole rings is 1. The maximum atomic E-state index is 12.9. The molecule has 0 fully saturated rings. The number of hydrazone groups is 1. The van der Waals surface area contributed by atoms with Crippen LogP contribution in [0.25, 0.3) is 10.2 Å². The van der Waals surface area contributed by atoms with Crippen molar-refractivity contribution in [3.8, 4) is 0 Å². The maximum Gasteiger partial charge on any atom is 0.295 e. The number of hydrogen-bond acceptors (Lipinski definition) is 8. The number of nitro benzene ring substituents is 1. The summed E-state index contributed by atoms with van der Waals surface area (Å²) in [6.45, 7) is 3.97. The minimum absolute atomic E-state index is 0.0937. The van der Waals surface area contributed by atoms with Crippen molar-refractivity contribution in [2.24, 2.45) is 5.10 Å². The van der Waals surface area contributed by atoms with Crippen LogP contribution in [0.4, 0.5) is 11.4 Å². The highest BCUT2D eigenvalue weighted by Gasteiger charge is 2.25. The first kappa shape index (κ1) is 25.4. The van der Waals surface area contributed by atoms with Crippen molar-refractivity contribution in [1.82, 2.24) is 9.29 Å². The lowest BCUT2D eigenvalue weighted by molar-refractivity contribution is -0.384. The fourth-order valence-corrected chi connectivity index (χ4v) is 6.18. The first-order valence-corrected chi connectivity index (χ1v) is 13.6. The molecule has 1 heterocycles. The van der Waals surface area contributed by atoms with Crippen LogP contribution in [0.15, 0.2) is 82.8 Å². The molecule has 0 unspecified atom stereocenters. The summed E-state index contributed by atoms with van der Waals surface area (Å²) in [5, 5.41) is 17.2. The highest BCUT2D eigenvalue weighted by molar-refractivity contribution is 7.89. The fraction of sp³-hybridized carbons (Fsp3) is 0.200. The number of benzene rings is 3. The van der Waals surface area contributed by atoms with Gasteiger partial charge in [-0.25, -0.2) is 13.4 Å². The predicted octanol–water partition coefficient (Wildman–Crippen LogP) is 5.29. The molecule has 3 aromatic carbocycles. The van der Waals surface area contributed by atoms with E-state index in [1.807, 2.05) is 54.6 Å². The molecule has 4 rings (SSSR count). The van der Waals surface area contributed by atoms with Crippen molar-refractivity contribution in [3.05, 3.63) is 93.5 Å². The molecule has 0 amide bonds. The topological polar surface area (TPSA) is 118 Å². The summed E-state index contributed by atoms with van der Waals surface area (Å²) in [5.74, 6) is 0. The molecule has 4 aromatic rings. The number of hydrogen-bond donors (Lipinski definition) is 1. The SMILES string of the molecule is CCN(CC)S(=O)(=O)c1ccc(N/N=C(\Cc2nc3ccccc3s2)c2ccccc2)c([N+](=O)[O-])c1. The largest absolute Gasteiger partial charge is 0.295 e. The monoisotopic (exact) mass is 523 g/mol. The molecule has 0 radical (unpaired) electrons. The van der Waals surface area contributed by atoms with Crippen LogP contribution in [0.3, 0.4) is 0 Å². The van der Waals surface area contributed by atoms with Crippen molar-refractivity contribution in [2.75, 3.05) is 18.5 Å². The molecule has 1 N–H and O–H groups in total. The fourth-order valence-electron chi connectivity index (χ4n) is 3.73. The quantitative estimate of drug-likeness (QED) is 0.171. The summed E-state index contributed by atoms with van der Waals surface area (Å²) in [5.41, 5.74) is 4.90. The van der Waals surface area contributed by atoms with Crippen molar-refractivity contribution in [3.63, 3.8) is 0 Å². The molecular weight excluding hydrogens is 498 g/mol. The molecular formula is C25H25N5O4S2. The summed E-state index contributed by atoms with van der Waals surface area (Å²) in [4.78, 5) is 15.7. The van der Waals surface area contributed by atoms with E-state index in [4.69, 9.17) is 0 Å². The van der Waals surface area contributed by atoms with E-state index in [0.717, 1.165) is 26.9 Å². The van der Waals surface area contributed by atoms with Crippen molar-refractivity contribution in [2.45, 2.75) is 25.2 Å². The molecule has 1 aromatic heterocycles. The van der Waals surface area contributed by atoms with Crippen molar-refractivity contribution < 1.29 is 13.3 Å². The average Bonchev–Trinajstić information content (AvgIpc) is 3.30. The summed E-state index contributed by atoms with van der Waals surface area (Å²) < 4.78 is 28.0. The molecule has 9 nitrogen and oxygen atoms in total. The zero-order valence-corrected chi connectivity index (χ0v) is 21.4. The van der Waals surface area contributed by atoms with Gasteiger partial charge in [-0.05, 0) is 29.8 Å². The Labute approximate surface area is 213 Å². The number of aromatic nitrogens is 1. The summed E-state index contributed by atoms with van der Waals surface area (Å²) >= 11 is 1.56. The molecule has 0 saturated heterocycles. The second-order valence-electron chi connectivity index (χ2n) is 7.81. The van der Waals surface area contributed by atoms with Crippen LogP contribution in [0.2, 0.25) is 0 Å². The van der Waals surface area contributed by atoms with Gasteiger partial charge in [0.1, 0.15) is 5.69 Å². The van der Waals surface area contributed by atoms with E-state index in [9.17, 15) is 18.5 Å². The maximum absolute atomic E-state index is 12.9. The Morgan fingerprint density at radius 2 is 1.75 bits per heavy atom. The lowest BCUT2D eigenvalue weighted by atomic mass is 10.1. The Balaban J connectivity index is 1.69. The van der Waals surface area contributed by atoms with Gasteiger partial charge in [0.2, 0.25) is 10.0 Å². The number of nitrogens with one attached hydrogen (secondary N) is 1. The molecule has 11 heteroatoms. The zero-order chi connectivity index (χ0) is 25.7. The summed E-state index contributed by atoms with van der Waals surface area (Å²) in [6, 6.07) is 21.1. The number of para-hydroxylation sites is 1. The van der Waals surface area contributed by atoms with Crippen LogP contribution < -0.4 is 5.43 Å². The van der Waals surface area contributed by atoms with Gasteiger partial charge in [0, 0.05) is 25.6 Å². The number of anilines is 1. The smallest absolute Gasteiger partial charge is 0.271 e. The van der Waals surface area contributed by atoms with Gasteiger partial charge in [0.05, 0.1) is 30.8 Å². The highest BCUT2D eigenvalue weighted by atomic mass is 32.2. The Morgan fingerprint density at radius 3 is 2.42 bits per heavy atom. The number of sulfonamides is 1. The van der Waals surface area contributed by atoms with Gasteiger partial charge in [0.15, 0.2) is 0 Å². The standard InChI is InChI=1S/C25H25N5O4S2/c1-3-29(4-2)36(33,34)19-14-15-20(23(16-19)30(31)32)27-28-22(18-10-6-5-7-11-18)17-25-26-21-12-8-9-13-24(21)35-25/h5-16,27H,3-4,17H2,1-2H3/b28-22+. The Hall–Kier alpha value is -3.67. The molecule has 0 saturated carbocycles. The minimum Gasteiger partial charge on any atom is -0.271 e. The lowest BCUT2D eigenvalue weighted by Gasteiger charge is -2.18. The van der Waals surface area contributed by atoms with Gasteiger partial charge in [-0.1, -0.05) is 56.3 Å². The number of nitrogens with zero attached hydrogens (tertiary/aromatic N) is 4. The number of nitro groups is 1. The van der Waals surface area contributed by atoms with E-state index >= 15 is 0 Å². The second-order valence-corrected chi connectivity index (χ2v) is 10.9. The van der Waals surface area contributed by atoms with Gasteiger partial charge >= 0.3 is 0 Å². The van der Waals surface area contributed by atoms with Crippen LogP contribution in [-0.2, 0) is 16.4 Å². The third-order valence-corrected chi connectivity index (χ3v) is 8.67. The van der Waals surface area contributed by atoms with Crippen LogP contribution in [-0.4, -0.2) is 41.4 Å². The van der Waals surface area contributed by atoms with Gasteiger partial charge in [-0.15, -0.1) is 11.3 Å². The summed E-state index contributed by atoms with van der Waals surface area (Å²) in [6.07, 6.45) is 0.415. The molecule has 0 atom stereocenters. The zero-order valence-electron chi connectivity index (χ0n) is 19.8. The predicted molar refractivity (Wildman–Crippen MR) is 143 cm³/mol. The van der Waals surface area contributed by atoms with E-state index in [1.54, 1.807) is 25.2 Å². The van der Waals surface area contributed by atoms with Crippen LogP contribution in [0.5, 0.6) is 0 Å². The van der Waals surface area contributed by atoms with Crippen LogP contribution in [0.1, 0.15) is 24.4 Å². The Bertz CT molecular complexity index is 1480. The molecule has 0 spiro atoms. The number of fused-ring (bicyclic) bond motifs is 1. The van der Waals surface area contributed by atoms with Crippen molar-refractivity contribution >= 4 is 48.7 Å². The van der Waals surface area contributed by atoms with Gasteiger partial charge < -0.3 is 0 Å². The van der Waals surface area contributed by atoms with E-state index < -0.39 is 14.9 Å². The van der Waals surface area contributed by atoms with E-state index in [-0.39, 0.29) is 29.4 Å². The Morgan fingerprint density at radius 1 is 1.06 bits per heavy atom. The molecule has 36 heavy (non-hydrogen) atoms. The highest BCUT2D eigenvalue weighted by Crippen LogP contribution is 2.29. The molecule has 0 bridgehead atoms. The first-order valence-electron chi connectivity index (χ1n) is 11.3. The third kappa shape index (κ3) is 5.43. The Kier molecular flexibility index (Phi) is 7.73. The van der Waals surface area contributed by atoms with Gasteiger partial charge in [-0.3, -0.25) is 15.5 Å². The lowest BCUT2D eigenvalue weighted by Crippen LogP contribution is -2.30.